The van der Waals surface area contributed by atoms with Crippen molar-refractivity contribution in [1.82, 2.24) is 0 Å². The number of hydrogen-bond acceptors (Lipinski definition) is 3. The molecule has 0 radical (unpaired) electrons. The molecule has 0 aromatic carbocycles. The molecule has 0 aromatic rings. The molecule has 0 aromatic heterocycles. The maximum atomic E-state index is 10.5. The molecule has 0 saturated carbocycles. The van der Waals surface area contributed by atoms with Crippen LogP contribution in [0.2, 0.25) is 0 Å². The molecule has 5 heteroatoms. The van der Waals surface area contributed by atoms with Crippen LogP contribution in [-0.4, -0.2) is 28.9 Å². The van der Waals surface area contributed by atoms with E-state index in [0.717, 1.165) is 0 Å². The maximum absolute atomic E-state index is 10.5. The predicted molar refractivity (Wildman–Crippen MR) is 41.9 cm³/mol. The van der Waals surface area contributed by atoms with Crippen LogP contribution in [0.1, 0.15) is 27.2 Å². The van der Waals surface area contributed by atoms with Crippen molar-refractivity contribution < 1.29 is 18.1 Å². The van der Waals surface area contributed by atoms with Crippen molar-refractivity contribution in [3.8, 4) is 0 Å². The first-order valence-corrected chi connectivity index (χ1v) is 4.82. The quantitative estimate of drug-likeness (QED) is 0.620. The average Bonchev–Trinajstić information content (AvgIpc) is 1.56. The molecule has 68 valence electrons. The Balaban J connectivity index is 4.22. The molecule has 4 nitrogen and oxygen atoms in total. The van der Waals surface area contributed by atoms with Gasteiger partial charge in [-0.05, 0) is 27.2 Å². The lowest BCUT2D eigenvalue weighted by Gasteiger charge is -2.19. The van der Waals surface area contributed by atoms with Gasteiger partial charge in [0, 0.05) is 0 Å². The van der Waals surface area contributed by atoms with Gasteiger partial charge in [-0.2, -0.15) is 8.42 Å². The van der Waals surface area contributed by atoms with Gasteiger partial charge in [0.25, 0.3) is 10.1 Å². The summed E-state index contributed by atoms with van der Waals surface area (Å²) in [7, 11) is -4.00. The summed E-state index contributed by atoms with van der Waals surface area (Å²) in [6.45, 7) is 4.34. The van der Waals surface area contributed by atoms with Crippen LogP contribution in [0.25, 0.3) is 0 Å². The Morgan fingerprint density at radius 3 is 1.91 bits per heavy atom. The topological polar surface area (TPSA) is 74.6 Å². The third-order valence-electron chi connectivity index (χ3n) is 1.30. The van der Waals surface area contributed by atoms with Gasteiger partial charge in [0.15, 0.2) is 0 Å². The van der Waals surface area contributed by atoms with E-state index < -0.39 is 21.0 Å². The van der Waals surface area contributed by atoms with Gasteiger partial charge in [-0.1, -0.05) is 0 Å². The third kappa shape index (κ3) is 5.17. The van der Waals surface area contributed by atoms with Gasteiger partial charge >= 0.3 is 0 Å². The van der Waals surface area contributed by atoms with Gasteiger partial charge in [0.2, 0.25) is 0 Å². The lowest BCUT2D eigenvalue weighted by molar-refractivity contribution is 0.0703. The number of hydrogen-bond donors (Lipinski definition) is 2. The molecule has 0 amide bonds. The second-order valence-electron chi connectivity index (χ2n) is 3.34. The Kier molecular flexibility index (Phi) is 3.05. The summed E-state index contributed by atoms with van der Waals surface area (Å²) >= 11 is 0. The molecule has 1 unspecified atom stereocenters. The normalized spacial score (nSPS) is 16.5. The van der Waals surface area contributed by atoms with Crippen molar-refractivity contribution in [2.24, 2.45) is 0 Å². The Morgan fingerprint density at radius 1 is 1.45 bits per heavy atom. The molecule has 0 spiro atoms. The number of aliphatic hydroxyl groups is 1. The van der Waals surface area contributed by atoms with Gasteiger partial charge in [0.05, 0.1) is 10.9 Å². The second kappa shape index (κ2) is 3.08. The van der Waals surface area contributed by atoms with Crippen molar-refractivity contribution >= 4 is 10.1 Å². The fourth-order valence-corrected chi connectivity index (χ4v) is 1.43. The molecule has 0 aliphatic carbocycles. The zero-order valence-corrected chi connectivity index (χ0v) is 7.72. The minimum atomic E-state index is -4.00. The highest BCUT2D eigenvalue weighted by atomic mass is 32.2. The Bertz CT molecular complexity index is 211. The predicted octanol–water partition coefficient (Wildman–Crippen LogP) is 0.424. The molecule has 0 bridgehead atoms. The molecule has 0 heterocycles. The standard InChI is InChI=1S/C6H14O4S/c1-5(11(8,9)10)4-6(2,3)7/h5,7H,4H2,1-3H3,(H,8,9,10). The molecule has 0 saturated heterocycles. The summed E-state index contributed by atoms with van der Waals surface area (Å²) in [5, 5.41) is 8.26. The summed E-state index contributed by atoms with van der Waals surface area (Å²) in [6.07, 6.45) is 0.0336. The summed E-state index contributed by atoms with van der Waals surface area (Å²) in [5.41, 5.74) is -1.06. The van der Waals surface area contributed by atoms with Crippen molar-refractivity contribution in [2.75, 3.05) is 0 Å². The van der Waals surface area contributed by atoms with Crippen molar-refractivity contribution in [3.63, 3.8) is 0 Å². The zero-order chi connectivity index (χ0) is 9.28. The molecule has 0 fully saturated rings. The van der Waals surface area contributed by atoms with Crippen LogP contribution in [-0.2, 0) is 10.1 Å². The summed E-state index contributed by atoms with van der Waals surface area (Å²) in [4.78, 5) is 0. The second-order valence-corrected chi connectivity index (χ2v) is 5.18. The van der Waals surface area contributed by atoms with E-state index in [-0.39, 0.29) is 6.42 Å². The zero-order valence-electron chi connectivity index (χ0n) is 6.90. The van der Waals surface area contributed by atoms with Crippen LogP contribution in [0.5, 0.6) is 0 Å². The van der Waals surface area contributed by atoms with Crippen LogP contribution < -0.4 is 0 Å². The molecule has 2 N–H and O–H groups in total. The SMILES string of the molecule is CC(CC(C)(C)O)S(=O)(=O)O. The molecular formula is C6H14O4S. The van der Waals surface area contributed by atoms with Crippen molar-refractivity contribution in [1.29, 1.82) is 0 Å². The molecule has 0 aliphatic rings. The van der Waals surface area contributed by atoms with E-state index in [4.69, 9.17) is 4.55 Å². The van der Waals surface area contributed by atoms with Gasteiger partial charge in [-0.3, -0.25) is 4.55 Å². The largest absolute Gasteiger partial charge is 0.390 e. The first-order chi connectivity index (χ1) is 4.63. The third-order valence-corrected chi connectivity index (χ3v) is 2.48. The fourth-order valence-electron chi connectivity index (χ4n) is 0.809. The highest BCUT2D eigenvalue weighted by Gasteiger charge is 2.25. The molecular weight excluding hydrogens is 168 g/mol. The molecule has 11 heavy (non-hydrogen) atoms. The van der Waals surface area contributed by atoms with Crippen LogP contribution >= 0.6 is 0 Å². The highest BCUT2D eigenvalue weighted by Crippen LogP contribution is 2.14. The van der Waals surface area contributed by atoms with E-state index in [1.165, 1.54) is 20.8 Å². The maximum Gasteiger partial charge on any atom is 0.267 e. The summed E-state index contributed by atoms with van der Waals surface area (Å²) < 4.78 is 29.4. The minimum absolute atomic E-state index is 0.0336. The van der Waals surface area contributed by atoms with Crippen LogP contribution in [0.4, 0.5) is 0 Å². The van der Waals surface area contributed by atoms with Crippen LogP contribution in [0.3, 0.4) is 0 Å². The minimum Gasteiger partial charge on any atom is -0.390 e. The summed E-state index contributed by atoms with van der Waals surface area (Å²) in [6, 6.07) is 0. The lowest BCUT2D eigenvalue weighted by atomic mass is 10.0. The van der Waals surface area contributed by atoms with E-state index in [1.54, 1.807) is 0 Å². The van der Waals surface area contributed by atoms with Gasteiger partial charge in [0.1, 0.15) is 0 Å². The summed E-state index contributed by atoms with van der Waals surface area (Å²) in [5.74, 6) is 0. The van der Waals surface area contributed by atoms with E-state index in [1.807, 2.05) is 0 Å². The Morgan fingerprint density at radius 2 is 1.82 bits per heavy atom. The Hall–Kier alpha value is -0.130. The van der Waals surface area contributed by atoms with Crippen molar-refractivity contribution in [3.05, 3.63) is 0 Å². The monoisotopic (exact) mass is 182 g/mol. The van der Waals surface area contributed by atoms with E-state index in [2.05, 4.69) is 0 Å². The van der Waals surface area contributed by atoms with Gasteiger partial charge < -0.3 is 5.11 Å². The smallest absolute Gasteiger partial charge is 0.267 e. The Labute approximate surface area is 67.0 Å². The first kappa shape index (κ1) is 10.9. The van der Waals surface area contributed by atoms with Gasteiger partial charge in [-0.25, -0.2) is 0 Å². The van der Waals surface area contributed by atoms with Crippen LogP contribution in [0, 0.1) is 0 Å². The van der Waals surface area contributed by atoms with Crippen LogP contribution in [0.15, 0.2) is 0 Å². The number of rotatable bonds is 3. The molecule has 0 aliphatic heterocycles. The van der Waals surface area contributed by atoms with Crippen molar-refractivity contribution in [2.45, 2.75) is 38.0 Å². The molecule has 0 rings (SSSR count). The lowest BCUT2D eigenvalue weighted by Crippen LogP contribution is -2.29. The van der Waals surface area contributed by atoms with E-state index in [9.17, 15) is 13.5 Å². The average molecular weight is 182 g/mol. The molecule has 1 atom stereocenters. The fraction of sp³-hybridized carbons (Fsp3) is 1.00. The van der Waals surface area contributed by atoms with E-state index >= 15 is 0 Å². The van der Waals surface area contributed by atoms with Gasteiger partial charge in [-0.15, -0.1) is 0 Å². The van der Waals surface area contributed by atoms with E-state index in [0.29, 0.717) is 0 Å². The first-order valence-electron chi connectivity index (χ1n) is 3.31. The highest BCUT2D eigenvalue weighted by molar-refractivity contribution is 7.86.